The molecule has 0 bridgehead atoms. The van der Waals surface area contributed by atoms with E-state index >= 15 is 0 Å². The molecule has 0 unspecified atom stereocenters. The quantitative estimate of drug-likeness (QED) is 0.211. The summed E-state index contributed by atoms with van der Waals surface area (Å²) in [5.41, 5.74) is 0.773. The van der Waals surface area contributed by atoms with Gasteiger partial charge in [-0.25, -0.2) is 45.0 Å². The van der Waals surface area contributed by atoms with E-state index in [1.165, 1.54) is 29.7 Å². The van der Waals surface area contributed by atoms with Crippen LogP contribution in [0.4, 0.5) is 24.8 Å². The number of sulfone groups is 1. The minimum Gasteiger partial charge on any atom is -0.351 e. The number of hydrogen-bond acceptors (Lipinski definition) is 9. The number of benzene rings is 2. The zero-order chi connectivity index (χ0) is 31.8. The first-order chi connectivity index (χ1) is 20.7. The van der Waals surface area contributed by atoms with Crippen LogP contribution in [-0.2, 0) is 19.9 Å². The van der Waals surface area contributed by atoms with E-state index in [1.54, 1.807) is 12.3 Å². The predicted octanol–water partition coefficient (Wildman–Crippen LogP) is 6.38. The largest absolute Gasteiger partial charge is 0.351 e. The Morgan fingerprint density at radius 3 is 2.23 bits per heavy atom. The molecule has 1 aliphatic carbocycles. The molecule has 5 rings (SSSR count). The minimum absolute atomic E-state index is 0.00220. The molecule has 2 N–H and O–H groups in total. The van der Waals surface area contributed by atoms with Crippen LogP contribution in [0.25, 0.3) is 21.8 Å². The van der Waals surface area contributed by atoms with Crippen molar-refractivity contribution < 1.29 is 30.0 Å². The number of nitrogens with zero attached hydrogens (tertiary/aromatic N) is 3. The Bertz CT molecular complexity index is 1890. The highest BCUT2D eigenvalue weighted by Crippen LogP contribution is 2.40. The fourth-order valence-electron chi connectivity index (χ4n) is 5.01. The number of aromatic nitrogens is 3. The molecule has 9 nitrogen and oxygen atoms in total. The molecule has 0 aliphatic heterocycles. The molecular weight excluding hydrogens is 636 g/mol. The summed E-state index contributed by atoms with van der Waals surface area (Å²) in [6.07, 6.45) is 5.25. The summed E-state index contributed by atoms with van der Waals surface area (Å²) in [5, 5.41) is 3.70. The van der Waals surface area contributed by atoms with Crippen molar-refractivity contribution in [3.05, 3.63) is 71.1 Å². The fourth-order valence-corrected chi connectivity index (χ4v) is 8.40. The molecule has 0 amide bonds. The number of hydrogen-bond donors (Lipinski definition) is 2. The summed E-state index contributed by atoms with van der Waals surface area (Å²) in [5.74, 6) is -3.19. The first-order valence-corrected chi connectivity index (χ1v) is 18.0. The average Bonchev–Trinajstić information content (AvgIpc) is 3.40. The molecule has 2 aromatic heterocycles. The molecule has 0 spiro atoms. The van der Waals surface area contributed by atoms with Crippen LogP contribution in [-0.4, -0.2) is 49.3 Å². The Labute approximate surface area is 258 Å². The lowest BCUT2D eigenvalue weighted by molar-refractivity contribution is 0.452. The maximum Gasteiger partial charge on any atom is 0.267 e. The monoisotopic (exact) mass is 665 g/mol. The van der Waals surface area contributed by atoms with Gasteiger partial charge in [0.05, 0.1) is 32.2 Å². The standard InChI is InChI=1S/C29H30F3N5O4S3/c1-16(2)28-36-25(17-7-12-20(30)24(15-17)37-44(40,41)27-21(31)5-4-6-22(27)32)26(42-28)23-13-14-33-29(35-23)34-18-8-10-19(11-9-18)43(3,38)39/h4-7,12-16,18-19,37H,8-11H2,1-3H3,(H,33,34,35)/t18-,19-. The van der Waals surface area contributed by atoms with Crippen LogP contribution in [0.3, 0.4) is 0 Å². The molecule has 2 aromatic carbocycles. The molecule has 2 heterocycles. The van der Waals surface area contributed by atoms with E-state index < -0.39 is 47.9 Å². The SMILES string of the molecule is CC(C)c1nc(-c2ccc(F)c(NS(=O)(=O)c3c(F)cccc3F)c2)c(-c2ccnc(N[C@H]3CC[C@H](S(C)(=O)=O)CC3)n2)s1. The summed E-state index contributed by atoms with van der Waals surface area (Å²) in [7, 11) is -7.91. The summed E-state index contributed by atoms with van der Waals surface area (Å²) in [6, 6.07) is 8.01. The van der Waals surface area contributed by atoms with E-state index in [1.807, 2.05) is 18.6 Å². The van der Waals surface area contributed by atoms with Gasteiger partial charge in [0.25, 0.3) is 10.0 Å². The molecule has 15 heteroatoms. The maximum atomic E-state index is 14.9. The van der Waals surface area contributed by atoms with Gasteiger partial charge in [0.1, 0.15) is 27.3 Å². The van der Waals surface area contributed by atoms with E-state index in [-0.39, 0.29) is 17.2 Å². The fraction of sp³-hybridized carbons (Fsp3) is 0.345. The van der Waals surface area contributed by atoms with E-state index in [4.69, 9.17) is 4.98 Å². The van der Waals surface area contributed by atoms with Crippen LogP contribution < -0.4 is 10.0 Å². The van der Waals surface area contributed by atoms with Gasteiger partial charge in [0, 0.05) is 30.0 Å². The number of sulfonamides is 1. The average molecular weight is 666 g/mol. The third-order valence-electron chi connectivity index (χ3n) is 7.31. The zero-order valence-electron chi connectivity index (χ0n) is 24.0. The van der Waals surface area contributed by atoms with Crippen LogP contribution >= 0.6 is 11.3 Å². The third-order valence-corrected chi connectivity index (χ3v) is 11.8. The smallest absolute Gasteiger partial charge is 0.267 e. The Morgan fingerprint density at radius 2 is 1.59 bits per heavy atom. The van der Waals surface area contributed by atoms with Crippen molar-refractivity contribution in [3.63, 3.8) is 0 Å². The van der Waals surface area contributed by atoms with Gasteiger partial charge in [0.15, 0.2) is 4.90 Å². The van der Waals surface area contributed by atoms with E-state index in [0.717, 1.165) is 29.3 Å². The molecule has 1 fully saturated rings. The molecule has 1 aliphatic rings. The van der Waals surface area contributed by atoms with Crippen LogP contribution in [0, 0.1) is 17.5 Å². The lowest BCUT2D eigenvalue weighted by Gasteiger charge is -2.28. The Balaban J connectivity index is 1.46. The number of rotatable bonds is 9. The van der Waals surface area contributed by atoms with Gasteiger partial charge in [0.2, 0.25) is 5.95 Å². The minimum atomic E-state index is -4.82. The van der Waals surface area contributed by atoms with Crippen molar-refractivity contribution in [1.82, 2.24) is 15.0 Å². The lowest BCUT2D eigenvalue weighted by atomic mass is 9.95. The van der Waals surface area contributed by atoms with Gasteiger partial charge >= 0.3 is 0 Å². The van der Waals surface area contributed by atoms with Gasteiger partial charge in [-0.2, -0.15) is 0 Å². The van der Waals surface area contributed by atoms with E-state index in [0.29, 0.717) is 53.5 Å². The molecule has 4 aromatic rings. The number of nitrogens with one attached hydrogen (secondary N) is 2. The highest BCUT2D eigenvalue weighted by atomic mass is 32.2. The summed E-state index contributed by atoms with van der Waals surface area (Å²) < 4.78 is 94.9. The molecular formula is C29H30F3N5O4S3. The second-order valence-corrected chi connectivity index (χ2v) is 15.9. The van der Waals surface area contributed by atoms with Crippen molar-refractivity contribution in [2.75, 3.05) is 16.3 Å². The molecule has 1 saturated carbocycles. The molecule has 234 valence electrons. The Hall–Kier alpha value is -3.56. The van der Waals surface area contributed by atoms with Gasteiger partial charge in [-0.15, -0.1) is 11.3 Å². The summed E-state index contributed by atoms with van der Waals surface area (Å²) in [4.78, 5) is 13.2. The zero-order valence-corrected chi connectivity index (χ0v) is 26.5. The van der Waals surface area contributed by atoms with Crippen LogP contribution in [0.15, 0.2) is 53.6 Å². The van der Waals surface area contributed by atoms with Crippen LogP contribution in [0.5, 0.6) is 0 Å². The maximum absolute atomic E-state index is 14.9. The Morgan fingerprint density at radius 1 is 0.909 bits per heavy atom. The van der Waals surface area contributed by atoms with Gasteiger partial charge < -0.3 is 5.32 Å². The number of halogens is 3. The van der Waals surface area contributed by atoms with Gasteiger partial charge in [-0.3, -0.25) is 4.72 Å². The molecule has 44 heavy (non-hydrogen) atoms. The third kappa shape index (κ3) is 6.89. The van der Waals surface area contributed by atoms with Crippen molar-refractivity contribution in [2.24, 2.45) is 0 Å². The highest BCUT2D eigenvalue weighted by Gasteiger charge is 2.29. The lowest BCUT2D eigenvalue weighted by Crippen LogP contribution is -2.32. The van der Waals surface area contributed by atoms with Crippen LogP contribution in [0.1, 0.15) is 50.5 Å². The van der Waals surface area contributed by atoms with Crippen molar-refractivity contribution in [2.45, 2.75) is 61.6 Å². The van der Waals surface area contributed by atoms with Crippen LogP contribution in [0.2, 0.25) is 0 Å². The molecule has 0 radical (unpaired) electrons. The highest BCUT2D eigenvalue weighted by molar-refractivity contribution is 7.92. The van der Waals surface area contributed by atoms with E-state index in [2.05, 4.69) is 15.3 Å². The predicted molar refractivity (Wildman–Crippen MR) is 164 cm³/mol. The van der Waals surface area contributed by atoms with Gasteiger partial charge in [-0.1, -0.05) is 19.9 Å². The second-order valence-electron chi connectivity index (χ2n) is 10.9. The van der Waals surface area contributed by atoms with Crippen molar-refractivity contribution >= 4 is 42.8 Å². The summed E-state index contributed by atoms with van der Waals surface area (Å²) in [6.45, 7) is 3.92. The van der Waals surface area contributed by atoms with E-state index in [9.17, 15) is 30.0 Å². The summed E-state index contributed by atoms with van der Waals surface area (Å²) >= 11 is 1.37. The first-order valence-electron chi connectivity index (χ1n) is 13.8. The number of thiazole rings is 1. The number of anilines is 2. The second kappa shape index (κ2) is 12.4. The normalized spacial score (nSPS) is 17.5. The Kier molecular flexibility index (Phi) is 9.01. The topological polar surface area (TPSA) is 131 Å². The molecule has 0 saturated heterocycles. The van der Waals surface area contributed by atoms with Crippen molar-refractivity contribution in [3.8, 4) is 21.8 Å². The van der Waals surface area contributed by atoms with Gasteiger partial charge in [-0.05, 0) is 62.1 Å². The van der Waals surface area contributed by atoms with Crippen molar-refractivity contribution in [1.29, 1.82) is 0 Å². The first kappa shape index (κ1) is 31.9. The molecule has 0 atom stereocenters.